The SMILES string of the molecule is C=C/C(Br)=C\C=N.CC.CC.NC(=O)c1ccc(CN2CCNCC2)c(C(F)(F)F)c1. The van der Waals surface area contributed by atoms with Crippen LogP contribution in [-0.4, -0.2) is 43.2 Å². The average molecular weight is 507 g/mol. The highest BCUT2D eigenvalue weighted by Gasteiger charge is 2.34. The Balaban J connectivity index is 0. The zero-order valence-corrected chi connectivity index (χ0v) is 20.2. The minimum atomic E-state index is -4.49. The van der Waals surface area contributed by atoms with Crippen molar-refractivity contribution >= 4 is 28.1 Å². The number of hydrogen-bond donors (Lipinski definition) is 3. The average Bonchev–Trinajstić information content (AvgIpc) is 2.77. The maximum atomic E-state index is 13.1. The van der Waals surface area contributed by atoms with Crippen molar-refractivity contribution in [2.75, 3.05) is 26.2 Å². The lowest BCUT2D eigenvalue weighted by Gasteiger charge is -2.28. The summed E-state index contributed by atoms with van der Waals surface area (Å²) < 4.78 is 40.0. The van der Waals surface area contributed by atoms with Gasteiger partial charge < -0.3 is 16.5 Å². The van der Waals surface area contributed by atoms with E-state index in [-0.39, 0.29) is 17.7 Å². The smallest absolute Gasteiger partial charge is 0.366 e. The van der Waals surface area contributed by atoms with E-state index < -0.39 is 17.6 Å². The molecule has 1 saturated heterocycles. The van der Waals surface area contributed by atoms with E-state index in [0.29, 0.717) is 13.1 Å². The van der Waals surface area contributed by atoms with Crippen molar-refractivity contribution in [3.05, 3.63) is 58.1 Å². The van der Waals surface area contributed by atoms with E-state index in [1.807, 2.05) is 32.6 Å². The fourth-order valence-corrected chi connectivity index (χ4v) is 2.52. The van der Waals surface area contributed by atoms with E-state index in [4.69, 9.17) is 11.1 Å². The predicted octanol–water partition coefficient (Wildman–Crippen LogP) is 5.36. The van der Waals surface area contributed by atoms with Gasteiger partial charge in [-0.3, -0.25) is 9.69 Å². The van der Waals surface area contributed by atoms with Crippen LogP contribution in [0, 0.1) is 5.41 Å². The number of rotatable bonds is 5. The molecule has 0 aromatic heterocycles. The molecule has 0 aliphatic carbocycles. The quantitative estimate of drug-likeness (QED) is 0.371. The molecule has 31 heavy (non-hydrogen) atoms. The van der Waals surface area contributed by atoms with Crippen molar-refractivity contribution < 1.29 is 18.0 Å². The second kappa shape index (κ2) is 17.7. The van der Waals surface area contributed by atoms with Gasteiger partial charge in [0.15, 0.2) is 0 Å². The number of alkyl halides is 3. The van der Waals surface area contributed by atoms with Crippen LogP contribution < -0.4 is 11.1 Å². The number of allylic oxidation sites excluding steroid dienone is 3. The molecule has 1 heterocycles. The summed E-state index contributed by atoms with van der Waals surface area (Å²) in [6, 6.07) is 3.51. The van der Waals surface area contributed by atoms with E-state index in [9.17, 15) is 18.0 Å². The first-order valence-electron chi connectivity index (χ1n) is 10.1. The zero-order valence-electron chi connectivity index (χ0n) is 18.7. The third-order valence-corrected chi connectivity index (χ3v) is 4.33. The van der Waals surface area contributed by atoms with Gasteiger partial charge in [-0.25, -0.2) is 0 Å². The van der Waals surface area contributed by atoms with Gasteiger partial charge in [-0.1, -0.05) is 62.3 Å². The second-order valence-corrected chi connectivity index (χ2v) is 6.60. The summed E-state index contributed by atoms with van der Waals surface area (Å²) in [5.41, 5.74) is 4.30. The molecule has 1 fully saturated rings. The van der Waals surface area contributed by atoms with E-state index in [1.165, 1.54) is 18.3 Å². The van der Waals surface area contributed by atoms with Gasteiger partial charge in [-0.15, -0.1) is 0 Å². The Labute approximate surface area is 192 Å². The Morgan fingerprint density at radius 3 is 2.19 bits per heavy atom. The number of amides is 1. The van der Waals surface area contributed by atoms with Crippen LogP contribution in [-0.2, 0) is 12.7 Å². The Morgan fingerprint density at radius 1 is 1.26 bits per heavy atom. The number of carbonyl (C=O) groups excluding carboxylic acids is 1. The van der Waals surface area contributed by atoms with Crippen molar-refractivity contribution in [2.45, 2.75) is 40.4 Å². The molecule has 0 spiro atoms. The summed E-state index contributed by atoms with van der Waals surface area (Å²) in [7, 11) is 0. The maximum absolute atomic E-state index is 13.1. The molecule has 4 N–H and O–H groups in total. The molecular weight excluding hydrogens is 473 g/mol. The van der Waals surface area contributed by atoms with Crippen LogP contribution in [0.25, 0.3) is 0 Å². The first-order valence-corrected chi connectivity index (χ1v) is 10.9. The van der Waals surface area contributed by atoms with E-state index in [2.05, 4.69) is 27.8 Å². The second-order valence-electron chi connectivity index (χ2n) is 5.68. The highest BCUT2D eigenvalue weighted by atomic mass is 79.9. The largest absolute Gasteiger partial charge is 0.416 e. The van der Waals surface area contributed by atoms with E-state index in [0.717, 1.165) is 23.6 Å². The molecule has 0 saturated carbocycles. The molecule has 2 rings (SSSR count). The topological polar surface area (TPSA) is 82.2 Å². The number of primary amides is 1. The van der Waals surface area contributed by atoms with Crippen molar-refractivity contribution in [2.24, 2.45) is 5.73 Å². The normalized spacial score (nSPS) is 13.9. The summed E-state index contributed by atoms with van der Waals surface area (Å²) in [4.78, 5) is 13.0. The number of nitrogens with zero attached hydrogens (tertiary/aromatic N) is 1. The monoisotopic (exact) mass is 506 g/mol. The lowest BCUT2D eigenvalue weighted by molar-refractivity contribution is -0.138. The highest BCUT2D eigenvalue weighted by Crippen LogP contribution is 2.33. The number of piperazine rings is 1. The van der Waals surface area contributed by atoms with Gasteiger partial charge in [-0.2, -0.15) is 13.2 Å². The van der Waals surface area contributed by atoms with Crippen LogP contribution in [0.4, 0.5) is 13.2 Å². The van der Waals surface area contributed by atoms with Gasteiger partial charge in [0.1, 0.15) is 0 Å². The Bertz CT molecular complexity index is 700. The number of nitrogens with one attached hydrogen (secondary N) is 2. The molecule has 5 nitrogen and oxygen atoms in total. The number of benzene rings is 1. The summed E-state index contributed by atoms with van der Waals surface area (Å²) >= 11 is 3.13. The Morgan fingerprint density at radius 2 is 1.81 bits per heavy atom. The first kappa shape index (κ1) is 31.2. The van der Waals surface area contributed by atoms with Gasteiger partial charge in [0.25, 0.3) is 0 Å². The van der Waals surface area contributed by atoms with Crippen LogP contribution in [0.5, 0.6) is 0 Å². The first-order chi connectivity index (χ1) is 14.7. The number of nitrogens with two attached hydrogens (primary N) is 1. The fourth-order valence-electron chi connectivity index (χ4n) is 2.39. The molecule has 0 bridgehead atoms. The summed E-state index contributed by atoms with van der Waals surface area (Å²) in [5, 5.41) is 9.70. The highest BCUT2D eigenvalue weighted by molar-refractivity contribution is 9.11. The third-order valence-electron chi connectivity index (χ3n) is 3.74. The summed E-state index contributed by atoms with van der Waals surface area (Å²) in [5.74, 6) is -0.857. The summed E-state index contributed by atoms with van der Waals surface area (Å²) in [6.07, 6.45) is -0.0569. The standard InChI is InChI=1S/C13H16F3N3O.C5H6BrN.2C2H6/c14-13(15,16)11-7-9(12(17)20)1-2-10(11)8-19-5-3-18-4-6-19;1-2-5(6)3-4-7;2*1-2/h1-2,7,18H,3-6,8H2,(H2,17,20);2-4,7H,1H2;2*1-2H3/b;5-3+,7-4?;;. The van der Waals surface area contributed by atoms with Gasteiger partial charge in [0, 0.05) is 49.0 Å². The lowest BCUT2D eigenvalue weighted by atomic mass is 10.0. The van der Waals surface area contributed by atoms with E-state index in [1.54, 1.807) is 12.2 Å². The molecule has 176 valence electrons. The minimum Gasteiger partial charge on any atom is -0.366 e. The zero-order chi connectivity index (χ0) is 24.4. The Hall–Kier alpha value is -1.97. The fraction of sp³-hybridized carbons (Fsp3) is 0.455. The molecular formula is C22H34BrF3N4O. The maximum Gasteiger partial charge on any atom is 0.416 e. The lowest BCUT2D eigenvalue weighted by Crippen LogP contribution is -2.43. The van der Waals surface area contributed by atoms with Crippen molar-refractivity contribution in [1.29, 1.82) is 5.41 Å². The van der Waals surface area contributed by atoms with Crippen LogP contribution in [0.1, 0.15) is 49.2 Å². The van der Waals surface area contributed by atoms with Crippen LogP contribution >= 0.6 is 15.9 Å². The minimum absolute atomic E-state index is 0.124. The van der Waals surface area contributed by atoms with Crippen molar-refractivity contribution in [1.82, 2.24) is 10.2 Å². The molecule has 1 aromatic carbocycles. The van der Waals surface area contributed by atoms with Crippen LogP contribution in [0.15, 0.2) is 41.4 Å². The molecule has 1 amide bonds. The molecule has 1 aliphatic heterocycles. The number of halogens is 4. The van der Waals surface area contributed by atoms with Crippen LogP contribution in [0.3, 0.4) is 0 Å². The van der Waals surface area contributed by atoms with Crippen molar-refractivity contribution in [3.8, 4) is 0 Å². The summed E-state index contributed by atoms with van der Waals surface area (Å²) in [6.45, 7) is 14.6. The molecule has 0 atom stereocenters. The van der Waals surface area contributed by atoms with Gasteiger partial charge in [-0.05, 0) is 23.8 Å². The van der Waals surface area contributed by atoms with Crippen molar-refractivity contribution in [3.63, 3.8) is 0 Å². The third kappa shape index (κ3) is 13.1. The van der Waals surface area contributed by atoms with Gasteiger partial charge in [0.2, 0.25) is 5.91 Å². The van der Waals surface area contributed by atoms with Gasteiger partial charge in [0.05, 0.1) is 5.56 Å². The molecule has 0 unspecified atom stereocenters. The van der Waals surface area contributed by atoms with E-state index >= 15 is 0 Å². The molecule has 1 aromatic rings. The molecule has 9 heteroatoms. The number of hydrogen-bond acceptors (Lipinski definition) is 4. The molecule has 0 radical (unpaired) electrons. The van der Waals surface area contributed by atoms with Gasteiger partial charge >= 0.3 is 6.18 Å². The number of carbonyl (C=O) groups is 1. The van der Waals surface area contributed by atoms with Crippen LogP contribution in [0.2, 0.25) is 0 Å². The predicted molar refractivity (Wildman–Crippen MR) is 127 cm³/mol. The molecule has 1 aliphatic rings. The Kier molecular flexibility index (Phi) is 17.8.